The lowest BCUT2D eigenvalue weighted by atomic mass is 10.1. The maximum atomic E-state index is 11.9. The highest BCUT2D eigenvalue weighted by Gasteiger charge is 2.22. The Hall–Kier alpha value is -1.88. The van der Waals surface area contributed by atoms with E-state index in [1.807, 2.05) is 0 Å². The van der Waals surface area contributed by atoms with Crippen molar-refractivity contribution in [1.82, 2.24) is 5.32 Å². The molecule has 1 aromatic carbocycles. The summed E-state index contributed by atoms with van der Waals surface area (Å²) >= 11 is 0. The molecule has 0 radical (unpaired) electrons. The first kappa shape index (κ1) is 12.6. The molecule has 3 N–H and O–H groups in total. The van der Waals surface area contributed by atoms with E-state index in [0.717, 1.165) is 19.4 Å². The standard InChI is InChI=1S/C13H16N2O3/c1-8-9(13(17)18)4-2-5-10(8)15-12(16)11-6-3-7-14-11/h2,4-5,11,14H,3,6-7H2,1H3,(H,15,16)(H,17,18). The van der Waals surface area contributed by atoms with Crippen molar-refractivity contribution < 1.29 is 14.7 Å². The van der Waals surface area contributed by atoms with Crippen LogP contribution in [0.15, 0.2) is 18.2 Å². The fraction of sp³-hybridized carbons (Fsp3) is 0.385. The van der Waals surface area contributed by atoms with Crippen molar-refractivity contribution in [2.45, 2.75) is 25.8 Å². The SMILES string of the molecule is Cc1c(NC(=O)C2CCCN2)cccc1C(=O)O. The average Bonchev–Trinajstić information content (AvgIpc) is 2.85. The topological polar surface area (TPSA) is 78.4 Å². The third-order valence-corrected chi connectivity index (χ3v) is 3.20. The molecule has 0 spiro atoms. The van der Waals surface area contributed by atoms with Crippen molar-refractivity contribution >= 4 is 17.6 Å². The van der Waals surface area contributed by atoms with Gasteiger partial charge in [-0.15, -0.1) is 0 Å². The Bertz CT molecular complexity index is 479. The lowest BCUT2D eigenvalue weighted by Crippen LogP contribution is -2.35. The first-order valence-corrected chi connectivity index (χ1v) is 5.97. The number of benzene rings is 1. The minimum Gasteiger partial charge on any atom is -0.478 e. The second kappa shape index (κ2) is 5.18. The molecule has 96 valence electrons. The van der Waals surface area contributed by atoms with E-state index in [1.54, 1.807) is 19.1 Å². The average molecular weight is 248 g/mol. The van der Waals surface area contributed by atoms with Gasteiger partial charge in [0.25, 0.3) is 0 Å². The largest absolute Gasteiger partial charge is 0.478 e. The molecule has 1 heterocycles. The summed E-state index contributed by atoms with van der Waals surface area (Å²) in [4.78, 5) is 22.9. The van der Waals surface area contributed by atoms with Crippen LogP contribution in [0.5, 0.6) is 0 Å². The van der Waals surface area contributed by atoms with Gasteiger partial charge in [0.15, 0.2) is 0 Å². The third-order valence-electron chi connectivity index (χ3n) is 3.20. The number of carbonyl (C=O) groups excluding carboxylic acids is 1. The maximum Gasteiger partial charge on any atom is 0.336 e. The first-order chi connectivity index (χ1) is 8.59. The highest BCUT2D eigenvalue weighted by Crippen LogP contribution is 2.20. The smallest absolute Gasteiger partial charge is 0.336 e. The number of anilines is 1. The van der Waals surface area contributed by atoms with Crippen molar-refractivity contribution in [3.8, 4) is 0 Å². The molecule has 0 aromatic heterocycles. The Morgan fingerprint density at radius 2 is 2.22 bits per heavy atom. The second-order valence-corrected chi connectivity index (χ2v) is 4.42. The molecule has 0 bridgehead atoms. The molecule has 5 nitrogen and oxygen atoms in total. The van der Waals surface area contributed by atoms with E-state index in [1.165, 1.54) is 6.07 Å². The van der Waals surface area contributed by atoms with Crippen LogP contribution in [-0.2, 0) is 4.79 Å². The molecule has 5 heteroatoms. The number of nitrogens with one attached hydrogen (secondary N) is 2. The summed E-state index contributed by atoms with van der Waals surface area (Å²) in [5.41, 5.74) is 1.36. The number of rotatable bonds is 3. The maximum absolute atomic E-state index is 11.9. The zero-order chi connectivity index (χ0) is 13.1. The van der Waals surface area contributed by atoms with E-state index in [4.69, 9.17) is 5.11 Å². The minimum atomic E-state index is -0.984. The van der Waals surface area contributed by atoms with Gasteiger partial charge in [0.2, 0.25) is 5.91 Å². The summed E-state index contributed by atoms with van der Waals surface area (Å²) in [7, 11) is 0. The van der Waals surface area contributed by atoms with Gasteiger partial charge in [0.1, 0.15) is 0 Å². The van der Waals surface area contributed by atoms with Crippen LogP contribution in [0.1, 0.15) is 28.8 Å². The summed E-state index contributed by atoms with van der Waals surface area (Å²) < 4.78 is 0. The van der Waals surface area contributed by atoms with E-state index < -0.39 is 5.97 Å². The zero-order valence-corrected chi connectivity index (χ0v) is 10.2. The van der Waals surface area contributed by atoms with Gasteiger partial charge in [-0.3, -0.25) is 4.79 Å². The van der Waals surface area contributed by atoms with E-state index in [9.17, 15) is 9.59 Å². The lowest BCUT2D eigenvalue weighted by Gasteiger charge is -2.14. The Balaban J connectivity index is 2.16. The Morgan fingerprint density at radius 3 is 2.83 bits per heavy atom. The fourth-order valence-corrected chi connectivity index (χ4v) is 2.13. The van der Waals surface area contributed by atoms with Gasteiger partial charge in [0, 0.05) is 5.69 Å². The summed E-state index contributed by atoms with van der Waals surface area (Å²) in [5.74, 6) is -1.08. The minimum absolute atomic E-state index is 0.0989. The monoisotopic (exact) mass is 248 g/mol. The molecule has 2 rings (SSSR count). The molecule has 0 saturated carbocycles. The Labute approximate surface area is 105 Å². The van der Waals surface area contributed by atoms with Gasteiger partial charge >= 0.3 is 5.97 Å². The molecule has 1 fully saturated rings. The molecule has 1 aliphatic rings. The van der Waals surface area contributed by atoms with Crippen LogP contribution in [0.2, 0.25) is 0 Å². The van der Waals surface area contributed by atoms with Crippen LogP contribution in [0.4, 0.5) is 5.69 Å². The van der Waals surface area contributed by atoms with E-state index >= 15 is 0 Å². The number of carboxylic acids is 1. The molecule has 1 aliphatic heterocycles. The van der Waals surface area contributed by atoms with Gasteiger partial charge in [0.05, 0.1) is 11.6 Å². The molecule has 0 aliphatic carbocycles. The molecule has 1 amide bonds. The molecule has 1 saturated heterocycles. The van der Waals surface area contributed by atoms with Crippen molar-refractivity contribution in [2.24, 2.45) is 0 Å². The highest BCUT2D eigenvalue weighted by atomic mass is 16.4. The molecular weight excluding hydrogens is 232 g/mol. The number of carbonyl (C=O) groups is 2. The Kier molecular flexibility index (Phi) is 3.62. The molecule has 1 atom stereocenters. The van der Waals surface area contributed by atoms with Crippen molar-refractivity contribution in [3.05, 3.63) is 29.3 Å². The lowest BCUT2D eigenvalue weighted by molar-refractivity contribution is -0.117. The number of carboxylic acid groups (broad SMARTS) is 1. The van der Waals surface area contributed by atoms with Gasteiger partial charge < -0.3 is 15.7 Å². The number of hydrogen-bond acceptors (Lipinski definition) is 3. The highest BCUT2D eigenvalue weighted by molar-refractivity contribution is 5.98. The van der Waals surface area contributed by atoms with Gasteiger partial charge in [-0.05, 0) is 44.0 Å². The van der Waals surface area contributed by atoms with Crippen molar-refractivity contribution in [2.75, 3.05) is 11.9 Å². The van der Waals surface area contributed by atoms with Gasteiger partial charge in [-0.2, -0.15) is 0 Å². The second-order valence-electron chi connectivity index (χ2n) is 4.42. The van der Waals surface area contributed by atoms with E-state index in [0.29, 0.717) is 11.3 Å². The molecular formula is C13H16N2O3. The normalized spacial score (nSPS) is 18.6. The zero-order valence-electron chi connectivity index (χ0n) is 10.2. The fourth-order valence-electron chi connectivity index (χ4n) is 2.13. The Morgan fingerprint density at radius 1 is 1.44 bits per heavy atom. The quantitative estimate of drug-likeness (QED) is 0.755. The molecule has 18 heavy (non-hydrogen) atoms. The summed E-state index contributed by atoms with van der Waals surface area (Å²) in [6.07, 6.45) is 1.82. The number of aromatic carboxylic acids is 1. The predicted octanol–water partition coefficient (Wildman–Crippen LogP) is 1.38. The summed E-state index contributed by atoms with van der Waals surface area (Å²) in [6, 6.07) is 4.71. The van der Waals surface area contributed by atoms with Crippen molar-refractivity contribution in [3.63, 3.8) is 0 Å². The van der Waals surface area contributed by atoms with Crippen molar-refractivity contribution in [1.29, 1.82) is 0 Å². The molecule has 1 unspecified atom stereocenters. The van der Waals surface area contributed by atoms with Crippen LogP contribution in [-0.4, -0.2) is 29.6 Å². The number of amides is 1. The van der Waals surface area contributed by atoms with E-state index in [-0.39, 0.29) is 17.5 Å². The summed E-state index contributed by atoms with van der Waals surface area (Å²) in [6.45, 7) is 2.55. The number of hydrogen-bond donors (Lipinski definition) is 3. The van der Waals surface area contributed by atoms with Gasteiger partial charge in [-0.1, -0.05) is 6.07 Å². The van der Waals surface area contributed by atoms with E-state index in [2.05, 4.69) is 10.6 Å². The van der Waals surface area contributed by atoms with Gasteiger partial charge in [-0.25, -0.2) is 4.79 Å². The van der Waals surface area contributed by atoms with Crippen LogP contribution in [0, 0.1) is 6.92 Å². The predicted molar refractivity (Wildman–Crippen MR) is 67.8 cm³/mol. The third kappa shape index (κ3) is 2.51. The first-order valence-electron chi connectivity index (χ1n) is 5.97. The van der Waals surface area contributed by atoms with Crippen LogP contribution in [0.25, 0.3) is 0 Å². The molecule has 1 aromatic rings. The van der Waals surface area contributed by atoms with Crippen LogP contribution < -0.4 is 10.6 Å². The van der Waals surface area contributed by atoms with Crippen LogP contribution in [0.3, 0.4) is 0 Å². The van der Waals surface area contributed by atoms with Crippen LogP contribution >= 0.6 is 0 Å². The summed E-state index contributed by atoms with van der Waals surface area (Å²) in [5, 5.41) is 14.9.